The number of hydrogen-bond acceptors (Lipinski definition) is 12. The second-order valence-corrected chi connectivity index (χ2v) is 12.5. The van der Waals surface area contributed by atoms with Gasteiger partial charge in [0.05, 0.1) is 5.92 Å². The Bertz CT molecular complexity index is 1190. The lowest BCUT2D eigenvalue weighted by molar-refractivity contribution is -0.228. The number of carbonyl (C=O) groups excluding carboxylic acids is 4. The zero-order valence-electron chi connectivity index (χ0n) is 27.0. The van der Waals surface area contributed by atoms with Crippen LogP contribution in [0.1, 0.15) is 100 Å². The van der Waals surface area contributed by atoms with Crippen LogP contribution in [0.4, 0.5) is 0 Å². The van der Waals surface area contributed by atoms with E-state index in [0.717, 1.165) is 19.8 Å². The molecule has 0 radical (unpaired) electrons. The highest BCUT2D eigenvalue weighted by Gasteiger charge is 2.75. The van der Waals surface area contributed by atoms with Crippen molar-refractivity contribution in [3.05, 3.63) is 22.8 Å². The van der Waals surface area contributed by atoms with Crippen LogP contribution < -0.4 is 0 Å². The number of ether oxygens (including phenoxy) is 5. The first kappa shape index (κ1) is 35.7. The van der Waals surface area contributed by atoms with Crippen LogP contribution in [-0.2, 0) is 42.9 Å². The van der Waals surface area contributed by atoms with Gasteiger partial charge < -0.3 is 39.0 Å². The summed E-state index contributed by atoms with van der Waals surface area (Å²) in [4.78, 5) is 51.7. The summed E-state index contributed by atoms with van der Waals surface area (Å²) in [5.74, 6) is -3.75. The van der Waals surface area contributed by atoms with Gasteiger partial charge in [0, 0.05) is 31.8 Å². The van der Waals surface area contributed by atoms with E-state index in [4.69, 9.17) is 23.7 Å². The molecule has 1 saturated carbocycles. The van der Waals surface area contributed by atoms with Gasteiger partial charge >= 0.3 is 23.9 Å². The van der Waals surface area contributed by atoms with Crippen molar-refractivity contribution in [1.29, 1.82) is 0 Å². The van der Waals surface area contributed by atoms with Gasteiger partial charge in [0.2, 0.25) is 0 Å². The molecule has 0 aromatic carbocycles. The molecule has 0 bridgehead atoms. The summed E-state index contributed by atoms with van der Waals surface area (Å²) >= 11 is 0. The van der Waals surface area contributed by atoms with Crippen molar-refractivity contribution >= 4 is 23.9 Å². The molecule has 1 aliphatic heterocycles. The zero-order valence-corrected chi connectivity index (χ0v) is 27.0. The normalized spacial score (nSPS) is 36.7. The van der Waals surface area contributed by atoms with E-state index in [0.29, 0.717) is 24.0 Å². The predicted octanol–water partition coefficient (Wildman–Crippen LogP) is 2.94. The molecule has 9 atom stereocenters. The number of hydrogen-bond donors (Lipinski definition) is 3. The highest BCUT2D eigenvalue weighted by Crippen LogP contribution is 2.58. The number of esters is 4. The lowest BCUT2D eigenvalue weighted by atomic mass is 9.75. The fraction of sp³-hybridized carbons (Fsp3) is 0.750. The number of aliphatic hydroxyl groups is 3. The third-order valence-corrected chi connectivity index (χ3v) is 9.17. The summed E-state index contributed by atoms with van der Waals surface area (Å²) in [5, 5.41) is 34.8. The van der Waals surface area contributed by atoms with Crippen molar-refractivity contribution in [3.63, 3.8) is 0 Å². The predicted molar refractivity (Wildman–Crippen MR) is 156 cm³/mol. The minimum Gasteiger partial charge on any atom is -0.459 e. The molecule has 3 N–H and O–H groups in total. The Balaban J connectivity index is 2.29. The molecule has 0 spiro atoms. The smallest absolute Gasteiger partial charge is 0.334 e. The zero-order chi connectivity index (χ0) is 33.2. The summed E-state index contributed by atoms with van der Waals surface area (Å²) in [5.41, 5.74) is -5.68. The van der Waals surface area contributed by atoms with Crippen molar-refractivity contribution < 1.29 is 58.2 Å². The van der Waals surface area contributed by atoms with E-state index in [2.05, 4.69) is 0 Å². The maximum absolute atomic E-state index is 13.2. The largest absolute Gasteiger partial charge is 0.459 e. The van der Waals surface area contributed by atoms with Crippen LogP contribution in [-0.4, -0.2) is 86.7 Å². The Kier molecular flexibility index (Phi) is 11.1. The maximum Gasteiger partial charge on any atom is 0.334 e. The molecule has 0 aromatic rings. The highest BCUT2D eigenvalue weighted by molar-refractivity contribution is 5.88. The summed E-state index contributed by atoms with van der Waals surface area (Å²) in [7, 11) is 0. The molecule has 248 valence electrons. The molecule has 3 rings (SSSR count). The molecule has 12 nitrogen and oxygen atoms in total. The third kappa shape index (κ3) is 6.45. The van der Waals surface area contributed by atoms with Crippen molar-refractivity contribution in [2.45, 2.75) is 148 Å². The van der Waals surface area contributed by atoms with Gasteiger partial charge in [-0.25, -0.2) is 4.79 Å². The van der Waals surface area contributed by atoms with Crippen LogP contribution in [0.5, 0.6) is 0 Å². The number of aliphatic hydroxyl groups excluding tert-OH is 1. The van der Waals surface area contributed by atoms with Gasteiger partial charge in [-0.1, -0.05) is 32.8 Å². The lowest BCUT2D eigenvalue weighted by Crippen LogP contribution is -2.65. The monoisotopic (exact) mass is 624 g/mol. The standard InChI is InChI=1S/C32H48O12/c1-9-12-13-15-22(35)41-26-24-23(18(5)25(26)42-28(36)17(4)11-3)27-32(39,31(8,38)29(37)43-27)20(40-21(34)14-10-2)16-30(24,7)44-19(6)33/h11,20,24-27,29,37-39H,9-10,12-16H2,1-8H3/b17-11-/t20-,24+,25-,26-,27-,29-,30-,31+,32+/m0/s1. The van der Waals surface area contributed by atoms with Crippen LogP contribution in [0.25, 0.3) is 0 Å². The van der Waals surface area contributed by atoms with E-state index >= 15 is 0 Å². The molecule has 1 saturated heterocycles. The van der Waals surface area contributed by atoms with Gasteiger partial charge in [0.25, 0.3) is 0 Å². The van der Waals surface area contributed by atoms with Crippen molar-refractivity contribution in [2.75, 3.05) is 0 Å². The number of rotatable bonds is 11. The average Bonchev–Trinajstić information content (AvgIpc) is 3.26. The van der Waals surface area contributed by atoms with Gasteiger partial charge in [-0.2, -0.15) is 0 Å². The number of carbonyl (C=O) groups is 4. The fourth-order valence-corrected chi connectivity index (χ4v) is 6.67. The number of fused-ring (bicyclic) bond motifs is 3. The maximum atomic E-state index is 13.2. The van der Waals surface area contributed by atoms with E-state index in [1.807, 2.05) is 6.92 Å². The molecule has 2 fully saturated rings. The SMILES string of the molecule is C/C=C(/C)C(=O)O[C@H]1C(C)=C2[C@H]([C@@H]1OC(=O)CCCCC)[C@@](C)(OC(C)=O)C[C@H](OC(=O)CCC)[C@@]1(O)[C@H]2O[C@H](O)[C@@]1(C)O. The van der Waals surface area contributed by atoms with Crippen LogP contribution in [0.2, 0.25) is 0 Å². The summed E-state index contributed by atoms with van der Waals surface area (Å²) < 4.78 is 29.4. The van der Waals surface area contributed by atoms with Gasteiger partial charge in [0.15, 0.2) is 24.1 Å². The summed E-state index contributed by atoms with van der Waals surface area (Å²) in [6.07, 6.45) is -3.53. The fourth-order valence-electron chi connectivity index (χ4n) is 6.67. The summed E-state index contributed by atoms with van der Waals surface area (Å²) in [6, 6.07) is 0. The first-order valence-electron chi connectivity index (χ1n) is 15.4. The quantitative estimate of drug-likeness (QED) is 0.101. The van der Waals surface area contributed by atoms with E-state index in [1.165, 1.54) is 6.92 Å². The first-order valence-corrected chi connectivity index (χ1v) is 15.4. The minimum atomic E-state index is -2.46. The molecule has 12 heteroatoms. The molecule has 0 aromatic heterocycles. The molecule has 2 aliphatic carbocycles. The molecule has 44 heavy (non-hydrogen) atoms. The van der Waals surface area contributed by atoms with Gasteiger partial charge in [0.1, 0.15) is 23.4 Å². The second kappa shape index (κ2) is 13.7. The number of unbranched alkanes of at least 4 members (excludes halogenated alkanes) is 2. The molecule has 0 unspecified atom stereocenters. The van der Waals surface area contributed by atoms with E-state index in [1.54, 1.807) is 40.7 Å². The Morgan fingerprint density at radius 1 is 0.977 bits per heavy atom. The lowest BCUT2D eigenvalue weighted by Gasteiger charge is -2.43. The van der Waals surface area contributed by atoms with Crippen LogP contribution in [0.15, 0.2) is 22.8 Å². The Labute approximate surface area is 258 Å². The van der Waals surface area contributed by atoms with Crippen molar-refractivity contribution in [1.82, 2.24) is 0 Å². The third-order valence-electron chi connectivity index (χ3n) is 9.17. The first-order chi connectivity index (χ1) is 20.5. The summed E-state index contributed by atoms with van der Waals surface area (Å²) in [6.45, 7) is 12.5. The Hall–Kier alpha value is -2.80. The van der Waals surface area contributed by atoms with Crippen molar-refractivity contribution in [2.24, 2.45) is 5.92 Å². The van der Waals surface area contributed by atoms with Gasteiger partial charge in [-0.3, -0.25) is 14.4 Å². The topological polar surface area (TPSA) is 175 Å². The van der Waals surface area contributed by atoms with Crippen molar-refractivity contribution in [3.8, 4) is 0 Å². The Morgan fingerprint density at radius 2 is 1.61 bits per heavy atom. The second-order valence-electron chi connectivity index (χ2n) is 12.5. The van der Waals surface area contributed by atoms with Gasteiger partial charge in [-0.15, -0.1) is 0 Å². The van der Waals surface area contributed by atoms with Crippen LogP contribution in [0, 0.1) is 5.92 Å². The molecular formula is C32H48O12. The Morgan fingerprint density at radius 3 is 2.18 bits per heavy atom. The number of allylic oxidation sites excluding steroid dienone is 1. The van der Waals surface area contributed by atoms with E-state index in [9.17, 15) is 34.5 Å². The minimum absolute atomic E-state index is 0.00143. The molecule has 1 heterocycles. The van der Waals surface area contributed by atoms with Gasteiger partial charge in [-0.05, 0) is 58.6 Å². The van der Waals surface area contributed by atoms with Crippen LogP contribution >= 0.6 is 0 Å². The molecule has 3 aliphatic rings. The van der Waals surface area contributed by atoms with E-state index in [-0.39, 0.29) is 24.8 Å². The molecular weight excluding hydrogens is 576 g/mol. The van der Waals surface area contributed by atoms with Crippen LogP contribution in [0.3, 0.4) is 0 Å². The average molecular weight is 625 g/mol. The van der Waals surface area contributed by atoms with E-state index < -0.39 is 77.3 Å². The molecule has 0 amide bonds. The highest BCUT2D eigenvalue weighted by atomic mass is 16.7.